The van der Waals surface area contributed by atoms with Gasteiger partial charge >= 0.3 is 26.2 Å². The van der Waals surface area contributed by atoms with E-state index in [1.54, 1.807) is 0 Å². The molecule has 0 amide bonds. The Morgan fingerprint density at radius 1 is 0.952 bits per heavy atom. The van der Waals surface area contributed by atoms with Gasteiger partial charge in [0.2, 0.25) is 0 Å². The summed E-state index contributed by atoms with van der Waals surface area (Å²) in [6.45, 7) is 7.61. The summed E-state index contributed by atoms with van der Waals surface area (Å²) in [7, 11) is -1.28. The minimum Gasteiger partial charge on any atom is -1.00 e. The predicted octanol–water partition coefficient (Wildman–Crippen LogP) is -1.40. The van der Waals surface area contributed by atoms with Crippen LogP contribution in [-0.2, 0) is 37.1 Å². The summed E-state index contributed by atoms with van der Waals surface area (Å²) >= 11 is 0. The summed E-state index contributed by atoms with van der Waals surface area (Å²) in [5.41, 5.74) is 1.43. The van der Waals surface area contributed by atoms with Crippen LogP contribution in [0.3, 0.4) is 0 Å². The first kappa shape index (κ1) is 26.2. The van der Waals surface area contributed by atoms with Gasteiger partial charge < -0.3 is 29.2 Å². The van der Waals surface area contributed by atoms with E-state index in [1.165, 1.54) is 5.56 Å². The van der Waals surface area contributed by atoms with Crippen LogP contribution in [0.4, 0.5) is 0 Å². The SMILES string of the molecule is C[Si](C)(C)OCCC[c-]1cccc1.[Cl-].[Cl-].[Zr+4].c1cc[cH-]c1. The molecule has 0 aliphatic heterocycles. The van der Waals surface area contributed by atoms with E-state index in [9.17, 15) is 0 Å². The smallest absolute Gasteiger partial charge is 1.00 e. The second-order valence-corrected chi connectivity index (χ2v) is 9.83. The van der Waals surface area contributed by atoms with E-state index in [1.807, 2.05) is 30.3 Å². The normalized spacial score (nSPS) is 9.29. The third-order valence-electron chi connectivity index (χ3n) is 2.43. The average molecular weight is 423 g/mol. The molecule has 0 fully saturated rings. The van der Waals surface area contributed by atoms with E-state index in [2.05, 4.69) is 43.9 Å². The summed E-state index contributed by atoms with van der Waals surface area (Å²) in [4.78, 5) is 0. The molecule has 0 saturated carbocycles. The van der Waals surface area contributed by atoms with E-state index in [4.69, 9.17) is 4.43 Å². The summed E-state index contributed by atoms with van der Waals surface area (Å²) < 4.78 is 5.77. The fourth-order valence-electron chi connectivity index (χ4n) is 1.56. The molecule has 0 aromatic heterocycles. The van der Waals surface area contributed by atoms with Gasteiger partial charge in [-0.3, -0.25) is 0 Å². The van der Waals surface area contributed by atoms with Gasteiger partial charge in [0, 0.05) is 6.61 Å². The van der Waals surface area contributed by atoms with E-state index in [0.29, 0.717) is 0 Å². The van der Waals surface area contributed by atoms with E-state index in [-0.39, 0.29) is 51.0 Å². The zero-order valence-corrected chi connectivity index (χ0v) is 18.0. The molecule has 0 radical (unpaired) electrons. The Labute approximate surface area is 162 Å². The van der Waals surface area contributed by atoms with Gasteiger partial charge in [0.1, 0.15) is 0 Å². The molecule has 21 heavy (non-hydrogen) atoms. The van der Waals surface area contributed by atoms with Crippen molar-refractivity contribution in [2.75, 3.05) is 6.61 Å². The molecule has 0 spiro atoms. The molecule has 2 aromatic rings. The summed E-state index contributed by atoms with van der Waals surface area (Å²) in [6, 6.07) is 18.5. The van der Waals surface area contributed by atoms with Crippen LogP contribution >= 0.6 is 0 Å². The maximum atomic E-state index is 5.77. The van der Waals surface area contributed by atoms with E-state index in [0.717, 1.165) is 19.4 Å². The maximum Gasteiger partial charge on any atom is 4.00 e. The summed E-state index contributed by atoms with van der Waals surface area (Å²) in [5.74, 6) is 0. The molecule has 5 heteroatoms. The molecule has 0 N–H and O–H groups in total. The predicted molar refractivity (Wildman–Crippen MR) is 81.7 cm³/mol. The molecular weight excluding hydrogens is 398 g/mol. The van der Waals surface area contributed by atoms with Crippen molar-refractivity contribution in [3.8, 4) is 0 Å². The van der Waals surface area contributed by atoms with Crippen LogP contribution in [0.2, 0.25) is 19.6 Å². The van der Waals surface area contributed by atoms with Gasteiger partial charge in [0.25, 0.3) is 0 Å². The number of rotatable bonds is 5. The number of halogens is 2. The average Bonchev–Trinajstić information content (AvgIpc) is 2.98. The largest absolute Gasteiger partial charge is 4.00 e. The minimum absolute atomic E-state index is 0. The van der Waals surface area contributed by atoms with Gasteiger partial charge in [0.05, 0.1) is 0 Å². The van der Waals surface area contributed by atoms with Gasteiger partial charge in [-0.1, -0.05) is 6.42 Å². The van der Waals surface area contributed by atoms with Crippen molar-refractivity contribution in [2.24, 2.45) is 0 Å². The quantitative estimate of drug-likeness (QED) is 0.327. The van der Waals surface area contributed by atoms with Crippen LogP contribution in [0.5, 0.6) is 0 Å². The molecule has 0 bridgehead atoms. The Bertz CT molecular complexity index is 366. The molecule has 0 aliphatic rings. The molecule has 0 aliphatic carbocycles. The van der Waals surface area contributed by atoms with Crippen LogP contribution in [0.15, 0.2) is 54.6 Å². The van der Waals surface area contributed by atoms with Crippen LogP contribution < -0.4 is 24.8 Å². The van der Waals surface area contributed by atoms with Crippen LogP contribution in [0.25, 0.3) is 0 Å². The fraction of sp³-hybridized carbons (Fsp3) is 0.375. The van der Waals surface area contributed by atoms with Gasteiger partial charge in [-0.15, -0.1) is 0 Å². The van der Waals surface area contributed by atoms with Gasteiger partial charge in [-0.25, -0.2) is 24.3 Å². The van der Waals surface area contributed by atoms with Gasteiger partial charge in [-0.05, 0) is 26.1 Å². The Hall–Kier alpha value is 0.340. The molecule has 0 heterocycles. The minimum atomic E-state index is -1.28. The molecule has 0 atom stereocenters. The number of aryl methyl sites for hydroxylation is 1. The van der Waals surface area contributed by atoms with Crippen molar-refractivity contribution in [1.29, 1.82) is 0 Å². The summed E-state index contributed by atoms with van der Waals surface area (Å²) in [6.07, 6.45) is 2.30. The summed E-state index contributed by atoms with van der Waals surface area (Å²) in [5, 5.41) is 0. The molecular formula is C16H24Cl2OSiZr. The van der Waals surface area contributed by atoms with Gasteiger partial charge in [-0.2, -0.15) is 35.9 Å². The Morgan fingerprint density at radius 3 is 1.86 bits per heavy atom. The second kappa shape index (κ2) is 15.2. The molecule has 116 valence electrons. The van der Waals surface area contributed by atoms with E-state index < -0.39 is 8.32 Å². The molecule has 1 nitrogen and oxygen atoms in total. The first-order valence-electron chi connectivity index (χ1n) is 6.59. The monoisotopic (exact) mass is 420 g/mol. The van der Waals surface area contributed by atoms with Gasteiger partial charge in [0.15, 0.2) is 8.32 Å². The Balaban J connectivity index is -0.000000349. The van der Waals surface area contributed by atoms with Crippen molar-refractivity contribution in [3.05, 3.63) is 60.2 Å². The third kappa shape index (κ3) is 16.5. The Kier molecular flexibility index (Phi) is 19.1. The zero-order valence-electron chi connectivity index (χ0n) is 13.0. The molecule has 2 rings (SSSR count). The topological polar surface area (TPSA) is 9.23 Å². The zero-order chi connectivity index (χ0) is 13.3. The third-order valence-corrected chi connectivity index (χ3v) is 3.50. The maximum absolute atomic E-state index is 5.77. The second-order valence-electron chi connectivity index (χ2n) is 5.32. The first-order chi connectivity index (χ1) is 8.58. The van der Waals surface area contributed by atoms with Crippen molar-refractivity contribution in [1.82, 2.24) is 0 Å². The number of hydrogen-bond donors (Lipinski definition) is 0. The van der Waals surface area contributed by atoms with Crippen molar-refractivity contribution >= 4 is 8.32 Å². The standard InChI is InChI=1S/C11H19OSi.C5H5.2ClH.Zr/c1-13(2,3)12-10-6-9-11-7-4-5-8-11;1-2-4-5-3-1;;;/h4-5,7-8H,6,9-10H2,1-3H3;1-5H;2*1H;/q2*-1;;;+4/p-2. The van der Waals surface area contributed by atoms with Crippen molar-refractivity contribution in [2.45, 2.75) is 32.5 Å². The van der Waals surface area contributed by atoms with Crippen molar-refractivity contribution in [3.63, 3.8) is 0 Å². The Morgan fingerprint density at radius 2 is 1.48 bits per heavy atom. The first-order valence-corrected chi connectivity index (χ1v) is 10.00. The van der Waals surface area contributed by atoms with Crippen LogP contribution in [0, 0.1) is 0 Å². The molecule has 2 aromatic carbocycles. The van der Waals surface area contributed by atoms with Crippen molar-refractivity contribution < 1.29 is 55.4 Å². The van der Waals surface area contributed by atoms with E-state index >= 15 is 0 Å². The van der Waals surface area contributed by atoms with Crippen LogP contribution in [-0.4, -0.2) is 14.9 Å². The molecule has 0 saturated heterocycles. The number of hydrogen-bond acceptors (Lipinski definition) is 1. The fourth-order valence-corrected chi connectivity index (χ4v) is 2.31. The van der Waals surface area contributed by atoms with Crippen LogP contribution in [0.1, 0.15) is 12.0 Å². The molecule has 0 unspecified atom stereocenters.